The Bertz CT molecular complexity index is 742. The predicted octanol–water partition coefficient (Wildman–Crippen LogP) is 0.978. The van der Waals surface area contributed by atoms with Crippen LogP contribution in [-0.2, 0) is 14.8 Å². The maximum atomic E-state index is 12.2. The van der Waals surface area contributed by atoms with E-state index in [1.807, 2.05) is 0 Å². The first-order chi connectivity index (χ1) is 10.5. The number of aromatic nitrogens is 2. The van der Waals surface area contributed by atoms with Crippen LogP contribution in [0.3, 0.4) is 0 Å². The fourth-order valence-electron chi connectivity index (χ4n) is 1.80. The van der Waals surface area contributed by atoms with Crippen LogP contribution in [0, 0.1) is 6.92 Å². The number of sulfonamides is 1. The van der Waals surface area contributed by atoms with Crippen LogP contribution in [0.5, 0.6) is 5.75 Å². The zero-order valence-corrected chi connectivity index (χ0v) is 13.3. The Labute approximate surface area is 128 Å². The van der Waals surface area contributed by atoms with Gasteiger partial charge in [0.2, 0.25) is 21.7 Å². The maximum Gasteiger partial charge on any atom is 0.240 e. The van der Waals surface area contributed by atoms with Gasteiger partial charge in [0.15, 0.2) is 0 Å². The van der Waals surface area contributed by atoms with E-state index < -0.39 is 10.0 Å². The van der Waals surface area contributed by atoms with Crippen molar-refractivity contribution in [3.63, 3.8) is 0 Å². The molecule has 0 aliphatic carbocycles. The molecule has 0 aliphatic rings. The highest BCUT2D eigenvalue weighted by Crippen LogP contribution is 2.30. The van der Waals surface area contributed by atoms with E-state index in [1.54, 1.807) is 13.0 Å². The van der Waals surface area contributed by atoms with Crippen LogP contribution in [0.15, 0.2) is 27.6 Å². The molecule has 1 aromatic heterocycles. The molecular weight excluding hydrogens is 310 g/mol. The molecule has 2 rings (SSSR count). The van der Waals surface area contributed by atoms with Crippen molar-refractivity contribution in [1.29, 1.82) is 0 Å². The molecule has 120 valence electrons. The van der Waals surface area contributed by atoms with Gasteiger partial charge in [0.05, 0.1) is 24.2 Å². The lowest BCUT2D eigenvalue weighted by Crippen LogP contribution is -2.27. The van der Waals surface area contributed by atoms with Crippen molar-refractivity contribution in [2.45, 2.75) is 11.8 Å². The fraction of sp³-hybridized carbons (Fsp3) is 0.385. The molecule has 8 nitrogen and oxygen atoms in total. The van der Waals surface area contributed by atoms with E-state index in [4.69, 9.17) is 14.0 Å². The number of rotatable bonds is 7. The molecule has 0 fully saturated rings. The van der Waals surface area contributed by atoms with E-state index in [-0.39, 0.29) is 23.9 Å². The van der Waals surface area contributed by atoms with Gasteiger partial charge in [-0.3, -0.25) is 0 Å². The summed E-state index contributed by atoms with van der Waals surface area (Å²) in [5, 5.41) is 3.79. The van der Waals surface area contributed by atoms with Crippen LogP contribution in [0.4, 0.5) is 0 Å². The van der Waals surface area contributed by atoms with Gasteiger partial charge in [0, 0.05) is 20.6 Å². The summed E-state index contributed by atoms with van der Waals surface area (Å²) >= 11 is 0. The lowest BCUT2D eigenvalue weighted by atomic mass is 10.2. The van der Waals surface area contributed by atoms with E-state index in [9.17, 15) is 8.42 Å². The second-order valence-electron chi connectivity index (χ2n) is 4.39. The minimum atomic E-state index is -3.65. The summed E-state index contributed by atoms with van der Waals surface area (Å²) in [5.41, 5.74) is 0.439. The van der Waals surface area contributed by atoms with Crippen LogP contribution in [-0.4, -0.2) is 45.9 Å². The molecule has 0 aliphatic heterocycles. The monoisotopic (exact) mass is 327 g/mol. The number of ether oxygens (including phenoxy) is 2. The minimum absolute atomic E-state index is 0.0851. The molecular formula is C13H17N3O5S. The molecule has 0 unspecified atom stereocenters. The van der Waals surface area contributed by atoms with Crippen molar-refractivity contribution >= 4 is 10.0 Å². The van der Waals surface area contributed by atoms with Gasteiger partial charge >= 0.3 is 0 Å². The van der Waals surface area contributed by atoms with Gasteiger partial charge in [-0.05, 0) is 18.2 Å². The molecule has 0 bridgehead atoms. The Morgan fingerprint density at radius 2 is 2.09 bits per heavy atom. The van der Waals surface area contributed by atoms with Crippen LogP contribution < -0.4 is 9.46 Å². The number of hydrogen-bond donors (Lipinski definition) is 1. The summed E-state index contributed by atoms with van der Waals surface area (Å²) in [4.78, 5) is 4.18. The van der Waals surface area contributed by atoms with Crippen molar-refractivity contribution in [2.75, 3.05) is 27.4 Å². The van der Waals surface area contributed by atoms with Gasteiger partial charge in [0.1, 0.15) is 5.75 Å². The Hall–Kier alpha value is -1.97. The second kappa shape index (κ2) is 6.86. The average molecular weight is 327 g/mol. The summed E-state index contributed by atoms with van der Waals surface area (Å²) in [6, 6.07) is 4.44. The Balaban J connectivity index is 2.39. The molecule has 0 spiro atoms. The lowest BCUT2D eigenvalue weighted by Gasteiger charge is -2.10. The summed E-state index contributed by atoms with van der Waals surface area (Å²) in [5.74, 6) is 1.10. The van der Waals surface area contributed by atoms with Crippen molar-refractivity contribution < 1.29 is 22.4 Å². The highest BCUT2D eigenvalue weighted by Gasteiger charge is 2.19. The first-order valence-electron chi connectivity index (χ1n) is 6.45. The molecule has 22 heavy (non-hydrogen) atoms. The van der Waals surface area contributed by atoms with E-state index >= 15 is 0 Å². The average Bonchev–Trinajstić information content (AvgIpc) is 2.93. The molecule has 0 saturated heterocycles. The molecule has 0 atom stereocenters. The summed E-state index contributed by atoms with van der Waals surface area (Å²) in [6.45, 7) is 2.11. The van der Waals surface area contributed by atoms with Crippen molar-refractivity contribution in [2.24, 2.45) is 0 Å². The summed E-state index contributed by atoms with van der Waals surface area (Å²) < 4.78 is 41.9. The van der Waals surface area contributed by atoms with E-state index in [0.717, 1.165) is 0 Å². The molecule has 0 amide bonds. The van der Waals surface area contributed by atoms with Gasteiger partial charge in [0.25, 0.3) is 0 Å². The first kappa shape index (κ1) is 16.4. The second-order valence-corrected chi connectivity index (χ2v) is 6.16. The van der Waals surface area contributed by atoms with E-state index in [0.29, 0.717) is 17.2 Å². The van der Waals surface area contributed by atoms with Gasteiger partial charge in [-0.25, -0.2) is 13.1 Å². The van der Waals surface area contributed by atoms with Gasteiger partial charge < -0.3 is 14.0 Å². The molecule has 0 saturated carbocycles. The van der Waals surface area contributed by atoms with Crippen molar-refractivity contribution in [3.05, 3.63) is 24.1 Å². The molecule has 1 heterocycles. The molecule has 2 aromatic rings. The van der Waals surface area contributed by atoms with Crippen LogP contribution in [0.1, 0.15) is 5.89 Å². The predicted molar refractivity (Wildman–Crippen MR) is 78.1 cm³/mol. The van der Waals surface area contributed by atoms with Crippen LogP contribution in [0.25, 0.3) is 11.4 Å². The highest BCUT2D eigenvalue weighted by molar-refractivity contribution is 7.89. The molecule has 1 aromatic carbocycles. The summed E-state index contributed by atoms with van der Waals surface area (Å²) in [7, 11) is -0.672. The molecule has 0 radical (unpaired) electrons. The van der Waals surface area contributed by atoms with E-state index in [2.05, 4.69) is 14.9 Å². The zero-order valence-electron chi connectivity index (χ0n) is 12.5. The number of nitrogens with one attached hydrogen (secondary N) is 1. The van der Waals surface area contributed by atoms with E-state index in [1.165, 1.54) is 26.4 Å². The third-order valence-electron chi connectivity index (χ3n) is 2.85. The molecule has 1 N–H and O–H groups in total. The lowest BCUT2D eigenvalue weighted by molar-refractivity contribution is 0.204. The first-order valence-corrected chi connectivity index (χ1v) is 7.93. The number of aryl methyl sites for hydroxylation is 1. The normalized spacial score (nSPS) is 11.6. The zero-order chi connectivity index (χ0) is 16.2. The summed E-state index contributed by atoms with van der Waals surface area (Å²) in [6.07, 6.45) is 0. The van der Waals surface area contributed by atoms with Crippen molar-refractivity contribution in [1.82, 2.24) is 14.9 Å². The highest BCUT2D eigenvalue weighted by atomic mass is 32.2. The Morgan fingerprint density at radius 3 is 2.68 bits per heavy atom. The largest absolute Gasteiger partial charge is 0.496 e. The molecule has 9 heteroatoms. The van der Waals surface area contributed by atoms with Gasteiger partial charge in [-0.15, -0.1) is 0 Å². The number of hydrogen-bond acceptors (Lipinski definition) is 7. The smallest absolute Gasteiger partial charge is 0.240 e. The van der Waals surface area contributed by atoms with Gasteiger partial charge in [-0.1, -0.05) is 5.16 Å². The number of nitrogens with zero attached hydrogens (tertiary/aromatic N) is 2. The number of methoxy groups -OCH3 is 2. The SMILES string of the molecule is COCCNS(=O)(=O)c1ccc(OC)c(-c2noc(C)n2)c1. The Kier molecular flexibility index (Phi) is 5.11. The fourth-order valence-corrected chi connectivity index (χ4v) is 2.84. The Morgan fingerprint density at radius 1 is 1.32 bits per heavy atom. The standard InChI is InChI=1S/C13H17N3O5S/c1-9-15-13(16-21-9)11-8-10(4-5-12(11)20-3)22(17,18)14-6-7-19-2/h4-5,8,14H,6-7H2,1-3H3. The van der Waals surface area contributed by atoms with Crippen LogP contribution >= 0.6 is 0 Å². The minimum Gasteiger partial charge on any atom is -0.496 e. The maximum absolute atomic E-state index is 12.2. The van der Waals surface area contributed by atoms with Crippen LogP contribution in [0.2, 0.25) is 0 Å². The topological polar surface area (TPSA) is 104 Å². The third kappa shape index (κ3) is 3.62. The number of benzene rings is 1. The van der Waals surface area contributed by atoms with Gasteiger partial charge in [-0.2, -0.15) is 4.98 Å². The van der Waals surface area contributed by atoms with Crippen molar-refractivity contribution in [3.8, 4) is 17.1 Å². The third-order valence-corrected chi connectivity index (χ3v) is 4.31. The quantitative estimate of drug-likeness (QED) is 0.756.